The molecule has 0 spiro atoms. The molecule has 1 fully saturated rings. The maximum atomic E-state index is 14.1. The normalized spacial score (nSPS) is 24.8. The molecule has 7 nitrogen and oxygen atoms in total. The average molecular weight is 413 g/mol. The first-order chi connectivity index (χ1) is 13.8. The summed E-state index contributed by atoms with van der Waals surface area (Å²) < 4.78 is 60.6. The van der Waals surface area contributed by atoms with E-state index in [1.54, 1.807) is 0 Å². The minimum atomic E-state index is -2.95. The molecule has 1 aromatic carbocycles. The summed E-state index contributed by atoms with van der Waals surface area (Å²) in [5, 5.41) is 0. The van der Waals surface area contributed by atoms with Crippen molar-refractivity contribution in [3.63, 3.8) is 0 Å². The first kappa shape index (κ1) is 19.8. The molecule has 1 amide bonds. The Labute approximate surface area is 163 Å². The van der Waals surface area contributed by atoms with E-state index in [-0.39, 0.29) is 37.0 Å². The van der Waals surface area contributed by atoms with Crippen molar-refractivity contribution in [2.75, 3.05) is 6.61 Å². The van der Waals surface area contributed by atoms with Crippen LogP contribution in [-0.2, 0) is 17.8 Å². The van der Waals surface area contributed by atoms with Crippen LogP contribution in [0.15, 0.2) is 18.2 Å². The topological polar surface area (TPSA) is 99.4 Å². The van der Waals surface area contributed by atoms with E-state index in [2.05, 4.69) is 4.98 Å². The van der Waals surface area contributed by atoms with E-state index in [4.69, 9.17) is 16.2 Å². The van der Waals surface area contributed by atoms with E-state index in [1.807, 2.05) is 4.90 Å². The van der Waals surface area contributed by atoms with Crippen molar-refractivity contribution in [2.24, 2.45) is 11.5 Å². The number of imidazole rings is 1. The SMILES string of the molecule is NC(=O)c1nc2c(n1C(F)F)CN([C@H]1CO[C@H](c3cc(F)ccc3F)[C@@H](N)C1)C2. The smallest absolute Gasteiger partial charge is 0.320 e. The van der Waals surface area contributed by atoms with Gasteiger partial charge in [-0.1, -0.05) is 0 Å². The number of benzene rings is 1. The van der Waals surface area contributed by atoms with Crippen molar-refractivity contribution < 1.29 is 27.1 Å². The molecule has 0 bridgehead atoms. The number of primary amides is 1. The predicted molar refractivity (Wildman–Crippen MR) is 92.7 cm³/mol. The summed E-state index contributed by atoms with van der Waals surface area (Å²) in [5.74, 6) is -2.68. The summed E-state index contributed by atoms with van der Waals surface area (Å²) in [6.45, 7) is -2.43. The molecule has 156 valence electrons. The molecular weight excluding hydrogens is 394 g/mol. The number of fused-ring (bicyclic) bond motifs is 1. The zero-order valence-corrected chi connectivity index (χ0v) is 15.2. The van der Waals surface area contributed by atoms with Gasteiger partial charge in [0.25, 0.3) is 5.91 Å². The number of nitrogens with zero attached hydrogens (tertiary/aromatic N) is 3. The molecule has 1 aromatic heterocycles. The van der Waals surface area contributed by atoms with Gasteiger partial charge in [-0.3, -0.25) is 14.3 Å². The van der Waals surface area contributed by atoms with Crippen LogP contribution in [-0.4, -0.2) is 39.0 Å². The van der Waals surface area contributed by atoms with E-state index in [1.165, 1.54) is 0 Å². The quantitative estimate of drug-likeness (QED) is 0.745. The van der Waals surface area contributed by atoms with Gasteiger partial charge >= 0.3 is 6.55 Å². The van der Waals surface area contributed by atoms with Crippen LogP contribution >= 0.6 is 0 Å². The zero-order valence-electron chi connectivity index (χ0n) is 15.2. The molecule has 2 aromatic rings. The van der Waals surface area contributed by atoms with Gasteiger partial charge in [-0.05, 0) is 24.6 Å². The number of nitrogens with two attached hydrogens (primary N) is 2. The van der Waals surface area contributed by atoms with Crippen LogP contribution in [0.4, 0.5) is 17.6 Å². The van der Waals surface area contributed by atoms with Crippen LogP contribution in [0.1, 0.15) is 46.6 Å². The number of halogens is 4. The highest BCUT2D eigenvalue weighted by Gasteiger charge is 2.39. The third kappa shape index (κ3) is 3.49. The van der Waals surface area contributed by atoms with Gasteiger partial charge in [0.2, 0.25) is 5.82 Å². The highest BCUT2D eigenvalue weighted by atomic mass is 19.3. The van der Waals surface area contributed by atoms with E-state index in [0.717, 1.165) is 18.2 Å². The van der Waals surface area contributed by atoms with Gasteiger partial charge in [0.15, 0.2) is 0 Å². The van der Waals surface area contributed by atoms with Crippen molar-refractivity contribution in [3.05, 3.63) is 52.6 Å². The minimum absolute atomic E-state index is 0.0533. The van der Waals surface area contributed by atoms with Crippen molar-refractivity contribution in [3.8, 4) is 0 Å². The Morgan fingerprint density at radius 1 is 1.28 bits per heavy atom. The van der Waals surface area contributed by atoms with Crippen LogP contribution in [0, 0.1) is 11.6 Å². The Morgan fingerprint density at radius 3 is 2.69 bits per heavy atom. The van der Waals surface area contributed by atoms with Crippen LogP contribution in [0.25, 0.3) is 0 Å². The second-order valence-corrected chi connectivity index (χ2v) is 7.22. The molecule has 3 atom stereocenters. The standard InChI is InChI=1S/C18H19F4N5O2/c19-8-1-2-11(20)10(3-8)15-12(23)4-9(7-29-15)26-5-13-14(6-26)27(18(21)22)17(25-13)16(24)28/h1-3,9,12,15,18H,4-7,23H2,(H2,24,28)/t9-,12+,15-/m1/s1. The fourth-order valence-corrected chi connectivity index (χ4v) is 4.04. The molecule has 2 aliphatic heterocycles. The number of hydrogen-bond acceptors (Lipinski definition) is 5. The molecule has 2 aliphatic rings. The van der Waals surface area contributed by atoms with Gasteiger partial charge < -0.3 is 16.2 Å². The number of aromatic nitrogens is 2. The Balaban J connectivity index is 1.49. The van der Waals surface area contributed by atoms with Crippen molar-refractivity contribution in [2.45, 2.75) is 44.2 Å². The molecular formula is C18H19F4N5O2. The highest BCUT2D eigenvalue weighted by molar-refractivity contribution is 5.89. The van der Waals surface area contributed by atoms with Gasteiger partial charge in [0.05, 0.1) is 18.0 Å². The summed E-state index contributed by atoms with van der Waals surface area (Å²) in [6, 6.07) is 2.26. The van der Waals surface area contributed by atoms with Crippen molar-refractivity contribution >= 4 is 5.91 Å². The van der Waals surface area contributed by atoms with Crippen LogP contribution in [0.2, 0.25) is 0 Å². The first-order valence-electron chi connectivity index (χ1n) is 9.00. The molecule has 11 heteroatoms. The molecule has 29 heavy (non-hydrogen) atoms. The lowest BCUT2D eigenvalue weighted by Crippen LogP contribution is -2.48. The number of carbonyl (C=O) groups excluding carboxylic acids is 1. The molecule has 4 rings (SSSR count). The monoisotopic (exact) mass is 413 g/mol. The Morgan fingerprint density at radius 2 is 2.03 bits per heavy atom. The first-order valence-corrected chi connectivity index (χ1v) is 9.00. The molecule has 4 N–H and O–H groups in total. The van der Waals surface area contributed by atoms with Gasteiger partial charge in [-0.15, -0.1) is 0 Å². The number of hydrogen-bond donors (Lipinski definition) is 2. The fourth-order valence-electron chi connectivity index (χ4n) is 4.04. The Hall–Kier alpha value is -2.50. The maximum Gasteiger partial charge on any atom is 0.320 e. The molecule has 0 unspecified atom stereocenters. The number of amides is 1. The number of rotatable bonds is 4. The number of ether oxygens (including phenoxy) is 1. The lowest BCUT2D eigenvalue weighted by molar-refractivity contribution is -0.0539. The molecule has 3 heterocycles. The van der Waals surface area contributed by atoms with Crippen molar-refractivity contribution in [1.29, 1.82) is 0 Å². The molecule has 1 saturated heterocycles. The number of carbonyl (C=O) groups is 1. The van der Waals surface area contributed by atoms with Crippen molar-refractivity contribution in [1.82, 2.24) is 14.5 Å². The molecule has 0 radical (unpaired) electrons. The van der Waals surface area contributed by atoms with E-state index >= 15 is 0 Å². The second kappa shape index (κ2) is 7.39. The Bertz CT molecular complexity index is 951. The fraction of sp³-hybridized carbons (Fsp3) is 0.444. The molecule has 0 aliphatic carbocycles. The largest absolute Gasteiger partial charge is 0.370 e. The van der Waals surface area contributed by atoms with E-state index < -0.39 is 42.1 Å². The van der Waals surface area contributed by atoms with Gasteiger partial charge in [0.1, 0.15) is 17.7 Å². The molecule has 0 saturated carbocycles. The van der Waals surface area contributed by atoms with Gasteiger partial charge in [0, 0.05) is 30.7 Å². The van der Waals surface area contributed by atoms with E-state index in [9.17, 15) is 22.4 Å². The highest BCUT2D eigenvalue weighted by Crippen LogP contribution is 2.35. The van der Waals surface area contributed by atoms with E-state index in [0.29, 0.717) is 16.7 Å². The zero-order chi connectivity index (χ0) is 20.9. The predicted octanol–water partition coefficient (Wildman–Crippen LogP) is 1.83. The summed E-state index contributed by atoms with van der Waals surface area (Å²) in [4.78, 5) is 17.2. The summed E-state index contributed by atoms with van der Waals surface area (Å²) in [7, 11) is 0. The second-order valence-electron chi connectivity index (χ2n) is 7.22. The third-order valence-electron chi connectivity index (χ3n) is 5.40. The lowest BCUT2D eigenvalue weighted by atomic mass is 9.93. The maximum absolute atomic E-state index is 14.1. The summed E-state index contributed by atoms with van der Waals surface area (Å²) in [6.07, 6.45) is -0.413. The van der Waals surface area contributed by atoms with Crippen LogP contribution in [0.5, 0.6) is 0 Å². The summed E-state index contributed by atoms with van der Waals surface area (Å²) in [5.41, 5.74) is 11.9. The van der Waals surface area contributed by atoms with Crippen LogP contribution in [0.3, 0.4) is 0 Å². The Kier molecular flexibility index (Phi) is 5.05. The average Bonchev–Trinajstić information content (AvgIpc) is 3.21. The third-order valence-corrected chi connectivity index (χ3v) is 5.40. The lowest BCUT2D eigenvalue weighted by Gasteiger charge is -2.38. The van der Waals surface area contributed by atoms with Gasteiger partial charge in [-0.2, -0.15) is 8.78 Å². The van der Waals surface area contributed by atoms with Gasteiger partial charge in [-0.25, -0.2) is 13.8 Å². The number of alkyl halides is 2. The van der Waals surface area contributed by atoms with Crippen LogP contribution < -0.4 is 11.5 Å². The summed E-state index contributed by atoms with van der Waals surface area (Å²) >= 11 is 0. The minimum Gasteiger partial charge on any atom is -0.370 e.